The molecule has 45 nitrogen and oxygen atoms in total. The lowest BCUT2D eigenvalue weighted by molar-refractivity contribution is -0.145. The van der Waals surface area contributed by atoms with Gasteiger partial charge in [0.1, 0.15) is 71.6 Å². The van der Waals surface area contributed by atoms with E-state index in [2.05, 4.69) is 42.5 Å². The SMILES string of the molecule is Nc1ccc(C[C@H](NC(=O)CCC(C(=O)O)N2CCN(CC(=O)O)CCN(CC(=O)O)CCN(CC(=O)O)CC2)C(=O)N[C@H](Cc2ccc(O)cc2)C(=O)N[C@H](Cc2ccc3ccccc3c2)C(=O)N[C@H](CCCCNC(=O)[C@@H](CC(=O)NCCCC(NC(=O)CC[C@H](NC(=O)N[C@@H](CCC(=O)O)C(=O)O)C(=O)O)C(=O)O)NC(=O)c2cc(O)cc(O)c2)C(=O)O)cc1. The second-order valence-electron chi connectivity index (χ2n) is 30.4. The van der Waals surface area contributed by atoms with E-state index in [0.717, 1.165) is 23.6 Å². The number of urea groups is 1. The molecule has 10 amide bonds. The third kappa shape index (κ3) is 37.2. The Labute approximate surface area is 731 Å². The summed E-state index contributed by atoms with van der Waals surface area (Å²) in [6.07, 6.45) is -6.23. The number of amides is 10. The minimum atomic E-state index is -1.81. The van der Waals surface area contributed by atoms with E-state index in [4.69, 9.17) is 10.8 Å². The molecular weight excluding hydrogens is 1690 g/mol. The van der Waals surface area contributed by atoms with Gasteiger partial charge in [-0.3, -0.25) is 81.9 Å². The predicted octanol–water partition coefficient (Wildman–Crippen LogP) is -1.91. The van der Waals surface area contributed by atoms with Crippen molar-refractivity contribution >= 4 is 123 Å². The summed E-state index contributed by atoms with van der Waals surface area (Å²) in [5.41, 5.74) is 7.21. The number of rotatable bonds is 51. The number of carbonyl (C=O) groups excluding carboxylic acids is 9. The summed E-state index contributed by atoms with van der Waals surface area (Å²) in [4.78, 5) is 240. The maximum absolute atomic E-state index is 15.2. The quantitative estimate of drug-likeness (QED) is 0.0149. The summed E-state index contributed by atoms with van der Waals surface area (Å²) >= 11 is 0. The Bertz CT molecular complexity index is 4700. The number of nitrogens with two attached hydrogens (primary N) is 1. The van der Waals surface area contributed by atoms with Crippen molar-refractivity contribution < 1.29 is 148 Å². The molecule has 1 heterocycles. The largest absolute Gasteiger partial charge is 0.508 e. The van der Waals surface area contributed by atoms with Crippen LogP contribution < -0.4 is 58.9 Å². The molecule has 0 bridgehead atoms. The van der Waals surface area contributed by atoms with E-state index in [1.54, 1.807) is 48.5 Å². The van der Waals surface area contributed by atoms with Gasteiger partial charge in [-0.2, -0.15) is 0 Å². The molecule has 0 saturated carbocycles. The lowest BCUT2D eigenvalue weighted by Gasteiger charge is -2.35. The van der Waals surface area contributed by atoms with Gasteiger partial charge in [0.15, 0.2) is 0 Å². The van der Waals surface area contributed by atoms with Crippen LogP contribution in [-0.2, 0) is 96.0 Å². The number of hydrogen-bond donors (Lipinski definition) is 23. The van der Waals surface area contributed by atoms with E-state index in [1.165, 1.54) is 56.0 Å². The summed E-state index contributed by atoms with van der Waals surface area (Å²) in [6, 6.07) is 10.4. The van der Waals surface area contributed by atoms with Gasteiger partial charge < -0.3 is 120 Å². The number of aliphatic carboxylic acids is 9. The van der Waals surface area contributed by atoms with Crippen molar-refractivity contribution in [2.75, 3.05) is 90.8 Å². The van der Waals surface area contributed by atoms with Crippen molar-refractivity contribution in [3.63, 3.8) is 0 Å². The molecule has 1 aliphatic heterocycles. The number of nitrogen functional groups attached to an aromatic ring is 1. The van der Waals surface area contributed by atoms with Gasteiger partial charge in [0.05, 0.1) is 26.1 Å². The molecule has 9 atom stereocenters. The number of aromatic hydroxyl groups is 3. The third-order valence-corrected chi connectivity index (χ3v) is 20.4. The summed E-state index contributed by atoms with van der Waals surface area (Å²) in [5.74, 6) is -22.0. The zero-order chi connectivity index (χ0) is 94.3. The Hall–Kier alpha value is -14.3. The third-order valence-electron chi connectivity index (χ3n) is 20.4. The first-order valence-corrected chi connectivity index (χ1v) is 40.6. The zero-order valence-corrected chi connectivity index (χ0v) is 69.5. The van der Waals surface area contributed by atoms with Crippen molar-refractivity contribution in [2.45, 2.75) is 151 Å². The molecule has 45 heteroatoms. The van der Waals surface area contributed by atoms with Crippen LogP contribution in [0.15, 0.2) is 109 Å². The predicted molar refractivity (Wildman–Crippen MR) is 449 cm³/mol. The molecule has 128 heavy (non-hydrogen) atoms. The zero-order valence-electron chi connectivity index (χ0n) is 69.5. The molecule has 5 aromatic carbocycles. The number of benzene rings is 5. The Morgan fingerprint density at radius 3 is 1.24 bits per heavy atom. The maximum atomic E-state index is 15.2. The molecule has 0 radical (unpaired) electrons. The average Bonchev–Trinajstić information content (AvgIpc) is 0.821. The Balaban J connectivity index is 1.16. The van der Waals surface area contributed by atoms with Crippen LogP contribution in [0.25, 0.3) is 10.8 Å². The minimum absolute atomic E-state index is 0.0261. The van der Waals surface area contributed by atoms with Gasteiger partial charge in [-0.05, 0) is 115 Å². The molecule has 5 aromatic rings. The second-order valence-corrected chi connectivity index (χ2v) is 30.4. The molecule has 0 spiro atoms. The van der Waals surface area contributed by atoms with Crippen LogP contribution in [0.3, 0.4) is 0 Å². The lowest BCUT2D eigenvalue weighted by Crippen LogP contribution is -2.59. The number of carbonyl (C=O) groups is 18. The van der Waals surface area contributed by atoms with E-state index in [-0.39, 0.29) is 128 Å². The smallest absolute Gasteiger partial charge is 0.326 e. The van der Waals surface area contributed by atoms with Gasteiger partial charge in [0, 0.05) is 121 Å². The molecule has 1 aliphatic rings. The first-order valence-electron chi connectivity index (χ1n) is 40.6. The Morgan fingerprint density at radius 1 is 0.336 bits per heavy atom. The molecule has 1 fully saturated rings. The fraction of sp³-hybridized carbons (Fsp3) is 0.446. The number of anilines is 1. The highest BCUT2D eigenvalue weighted by atomic mass is 16.4. The van der Waals surface area contributed by atoms with Crippen LogP contribution in [0.5, 0.6) is 17.2 Å². The normalized spacial score (nSPS) is 15.0. The van der Waals surface area contributed by atoms with E-state index in [9.17, 15) is 133 Å². The van der Waals surface area contributed by atoms with Gasteiger partial charge in [-0.1, -0.05) is 66.7 Å². The molecule has 694 valence electrons. The minimum Gasteiger partial charge on any atom is -0.508 e. The Morgan fingerprint density at radius 2 is 0.750 bits per heavy atom. The molecule has 6 rings (SSSR count). The molecular formula is C83H107N15O30. The number of fused-ring (bicyclic) bond motifs is 1. The van der Waals surface area contributed by atoms with E-state index < -0.39 is 237 Å². The van der Waals surface area contributed by atoms with Crippen molar-refractivity contribution in [3.8, 4) is 17.2 Å². The number of unbranched alkanes of at least 4 members (excludes halogenated alkanes) is 1. The first-order chi connectivity index (χ1) is 60.7. The van der Waals surface area contributed by atoms with Gasteiger partial charge in [0.2, 0.25) is 41.4 Å². The topological polar surface area (TPSA) is 709 Å². The highest BCUT2D eigenvalue weighted by Gasteiger charge is 2.36. The Kier molecular flexibility index (Phi) is 41.5. The molecule has 24 N–H and O–H groups in total. The number of hydrogen-bond acceptors (Lipinski definition) is 26. The first kappa shape index (κ1) is 102. The van der Waals surface area contributed by atoms with Crippen LogP contribution >= 0.6 is 0 Å². The number of nitrogens with one attached hydrogen (secondary N) is 10. The summed E-state index contributed by atoms with van der Waals surface area (Å²) in [5, 5.41) is 144. The van der Waals surface area contributed by atoms with Crippen LogP contribution in [-0.4, -0.2) is 327 Å². The van der Waals surface area contributed by atoms with E-state index >= 15 is 9.59 Å². The van der Waals surface area contributed by atoms with Crippen molar-refractivity contribution in [2.24, 2.45) is 0 Å². The summed E-state index contributed by atoms with van der Waals surface area (Å²) in [7, 11) is 0. The van der Waals surface area contributed by atoms with Gasteiger partial charge >= 0.3 is 59.8 Å². The molecule has 0 aliphatic carbocycles. The lowest BCUT2D eigenvalue weighted by atomic mass is 9.99. The highest BCUT2D eigenvalue weighted by molar-refractivity contribution is 6.00. The van der Waals surface area contributed by atoms with Crippen LogP contribution in [0, 0.1) is 0 Å². The van der Waals surface area contributed by atoms with Gasteiger partial charge in [0.25, 0.3) is 5.91 Å². The summed E-state index contributed by atoms with van der Waals surface area (Å²) in [6.45, 7) is -2.21. The second kappa shape index (κ2) is 51.8. The summed E-state index contributed by atoms with van der Waals surface area (Å²) < 4.78 is 0. The van der Waals surface area contributed by atoms with Crippen LogP contribution in [0.1, 0.15) is 104 Å². The van der Waals surface area contributed by atoms with Gasteiger partial charge in [-0.15, -0.1) is 0 Å². The van der Waals surface area contributed by atoms with Crippen molar-refractivity contribution in [1.29, 1.82) is 0 Å². The van der Waals surface area contributed by atoms with E-state index in [0.29, 0.717) is 27.8 Å². The van der Waals surface area contributed by atoms with Crippen LogP contribution in [0.2, 0.25) is 0 Å². The molecule has 2 unspecified atom stereocenters. The fourth-order valence-electron chi connectivity index (χ4n) is 13.7. The fourth-order valence-corrected chi connectivity index (χ4v) is 13.7. The molecule has 1 saturated heterocycles. The van der Waals surface area contributed by atoms with E-state index in [1.807, 2.05) is 16.7 Å². The maximum Gasteiger partial charge on any atom is 0.326 e. The number of phenols is 3. The van der Waals surface area contributed by atoms with Crippen LogP contribution in [0.4, 0.5) is 10.5 Å². The number of carboxylic acids is 9. The van der Waals surface area contributed by atoms with Crippen molar-refractivity contribution in [1.82, 2.24) is 72.8 Å². The number of phenolic OH excluding ortho intramolecular Hbond substituents is 3. The number of carboxylic acid groups (broad SMARTS) is 9. The number of nitrogens with zero attached hydrogens (tertiary/aromatic N) is 4. The average molecular weight is 1790 g/mol. The standard InChI is InChI=1S/C83H107N15O30/c84-53-16-11-47(12-17-53)37-61(88-67(103)24-22-65(82(126)127)98-34-32-96(45-71(109)110)30-28-95(44-70(107)108)29-31-97(33-35-98)46-72(111)112)75(115)91-62(38-48-13-18-54(99)19-14-48)77(117)92-63(39-49-10-15-50-6-1-2-7-51(50)36-49)76(116)89-58(79(120)121)8-3-4-26-86-74(114)64(90-73(113)52-40-55(100)42-56(101)41-52)43-68(104)85-27-5-9-57(78(118)119)87-66(102)23-20-59(80(122)123)93-83(128)94-60(81(124)125)21-25-69(105)106/h1-2,6-7,10-19,36,40-42,57-65,99-101H,3-5,8-9,20-35,37-39,43-46,84H2,(H,85,104)(H,86,114)(H,87,102)(H,88,103)(H,89,116)(H,90,113)(H,91,115)(H,92,117)(H,105,106)(H,107,108)(H,109,110)(H,111,112)(H,118,119)(H,120,121)(H,122,123)(H,124,125)(H,126,127)(H2,93,94,128)/t57?,58-,59+,60+,61+,62-,63-,64-,65?/m1/s1. The highest BCUT2D eigenvalue weighted by Crippen LogP contribution is 2.23. The monoisotopic (exact) mass is 1790 g/mol. The molecule has 0 aromatic heterocycles. The van der Waals surface area contributed by atoms with Crippen molar-refractivity contribution in [3.05, 3.63) is 131 Å². The van der Waals surface area contributed by atoms with Gasteiger partial charge in [-0.25, -0.2) is 24.0 Å².